The maximum Gasteiger partial charge on any atom is 0.405 e. The van der Waals surface area contributed by atoms with Gasteiger partial charge in [-0.05, 0) is 44.6 Å². The number of ether oxygens (including phenoxy) is 3. The molecule has 42 heavy (non-hydrogen) atoms. The maximum absolute atomic E-state index is 13.6. The van der Waals surface area contributed by atoms with Gasteiger partial charge in [0.15, 0.2) is 6.10 Å². The topological polar surface area (TPSA) is 166 Å². The van der Waals surface area contributed by atoms with Crippen LogP contribution in [0.1, 0.15) is 53.9 Å². The highest BCUT2D eigenvalue weighted by Crippen LogP contribution is 2.28. The molecular weight excluding hydrogens is 542 g/mol. The summed E-state index contributed by atoms with van der Waals surface area (Å²) >= 11 is 0. The minimum Gasteiger partial charge on any atom is -0.439 e. The Balaban J connectivity index is 2.61. The first kappa shape index (κ1) is 34.7. The molecule has 0 saturated carbocycles. The molecule has 0 saturated heterocycles. The zero-order valence-electron chi connectivity index (χ0n) is 25.6. The molecule has 2 bridgehead atoms. The van der Waals surface area contributed by atoms with Crippen molar-refractivity contribution in [3.63, 3.8) is 0 Å². The van der Waals surface area contributed by atoms with Crippen LogP contribution in [-0.2, 0) is 28.6 Å². The van der Waals surface area contributed by atoms with Crippen molar-refractivity contribution in [1.29, 1.82) is 0 Å². The summed E-state index contributed by atoms with van der Waals surface area (Å²) in [5, 5.41) is 16.9. The molecule has 1 heterocycles. The van der Waals surface area contributed by atoms with Crippen LogP contribution in [0, 0.1) is 11.8 Å². The molecule has 0 aromatic rings. The molecule has 11 heteroatoms. The smallest absolute Gasteiger partial charge is 0.405 e. The summed E-state index contributed by atoms with van der Waals surface area (Å²) in [7, 11) is 2.94. The van der Waals surface area contributed by atoms with Gasteiger partial charge in [0.1, 0.15) is 6.10 Å². The molecule has 0 aromatic heterocycles. The highest BCUT2D eigenvalue weighted by molar-refractivity contribution is 6.23. The van der Waals surface area contributed by atoms with E-state index in [0.29, 0.717) is 18.5 Å². The Morgan fingerprint density at radius 1 is 1.17 bits per heavy atom. The van der Waals surface area contributed by atoms with Gasteiger partial charge in [0.2, 0.25) is 11.6 Å². The fourth-order valence-corrected chi connectivity index (χ4v) is 5.03. The molecule has 1 aliphatic carbocycles. The van der Waals surface area contributed by atoms with Gasteiger partial charge in [0, 0.05) is 43.9 Å². The molecule has 2 amide bonds. The minimum absolute atomic E-state index is 0.106. The van der Waals surface area contributed by atoms with Crippen LogP contribution in [0.3, 0.4) is 0 Å². The van der Waals surface area contributed by atoms with E-state index in [2.05, 4.69) is 10.6 Å². The Bertz CT molecular complexity index is 1180. The number of carbonyl (C=O) groups is 4. The van der Waals surface area contributed by atoms with Crippen molar-refractivity contribution in [3.05, 3.63) is 58.5 Å². The fourth-order valence-electron chi connectivity index (χ4n) is 5.03. The van der Waals surface area contributed by atoms with Gasteiger partial charge >= 0.3 is 6.09 Å². The molecule has 6 atom stereocenters. The second kappa shape index (κ2) is 16.2. The van der Waals surface area contributed by atoms with Gasteiger partial charge in [-0.1, -0.05) is 45.1 Å². The molecule has 11 nitrogen and oxygen atoms in total. The van der Waals surface area contributed by atoms with E-state index < -0.39 is 53.9 Å². The quantitative estimate of drug-likeness (QED) is 0.270. The van der Waals surface area contributed by atoms with E-state index in [1.165, 1.54) is 20.3 Å². The summed E-state index contributed by atoms with van der Waals surface area (Å²) in [6.45, 7) is 9.47. The van der Waals surface area contributed by atoms with Gasteiger partial charge in [0.25, 0.3) is 5.91 Å². The molecule has 4 unspecified atom stereocenters. The van der Waals surface area contributed by atoms with E-state index in [4.69, 9.17) is 19.9 Å². The molecule has 232 valence electrons. The second-order valence-corrected chi connectivity index (χ2v) is 10.9. The van der Waals surface area contributed by atoms with Gasteiger partial charge in [0.05, 0.1) is 23.6 Å². The average Bonchev–Trinajstić information content (AvgIpc) is 2.94. The van der Waals surface area contributed by atoms with Crippen molar-refractivity contribution < 1.29 is 38.5 Å². The molecule has 2 rings (SSSR count). The number of hydrogen-bond acceptors (Lipinski definition) is 9. The lowest BCUT2D eigenvalue weighted by Gasteiger charge is -2.30. The average molecular weight is 588 g/mol. The van der Waals surface area contributed by atoms with Gasteiger partial charge in [-0.25, -0.2) is 4.79 Å². The van der Waals surface area contributed by atoms with Crippen LogP contribution in [0.2, 0.25) is 0 Å². The number of methoxy groups -OCH3 is 2. The zero-order chi connectivity index (χ0) is 31.6. The summed E-state index contributed by atoms with van der Waals surface area (Å²) in [4.78, 5) is 51.4. The van der Waals surface area contributed by atoms with E-state index in [1.54, 1.807) is 32.1 Å². The second-order valence-electron chi connectivity index (χ2n) is 10.9. The van der Waals surface area contributed by atoms with Crippen molar-refractivity contribution >= 4 is 23.6 Å². The number of Topliss-reactive ketones (excluding diaryl/α,β-unsaturated/α-hetero) is 1. The number of aliphatic hydroxyl groups excluding tert-OH is 1. The summed E-state index contributed by atoms with van der Waals surface area (Å²) in [5.41, 5.74) is 6.59. The number of fused-ring (bicyclic) bond motifs is 2. The van der Waals surface area contributed by atoms with E-state index >= 15 is 0 Å². The number of hydrogen-bond donors (Lipinski definition) is 4. The van der Waals surface area contributed by atoms with Crippen LogP contribution in [0.15, 0.2) is 58.5 Å². The van der Waals surface area contributed by atoms with E-state index in [0.717, 1.165) is 12.5 Å². The maximum atomic E-state index is 13.6. The third-order valence-corrected chi connectivity index (χ3v) is 7.35. The lowest BCUT2D eigenvalue weighted by Crippen LogP contribution is -2.38. The van der Waals surface area contributed by atoms with Gasteiger partial charge in [-0.3, -0.25) is 14.4 Å². The van der Waals surface area contributed by atoms with E-state index in [9.17, 15) is 24.3 Å². The first-order valence-corrected chi connectivity index (χ1v) is 14.2. The van der Waals surface area contributed by atoms with Crippen molar-refractivity contribution in [3.8, 4) is 0 Å². The number of ketones is 2. The van der Waals surface area contributed by atoms with Crippen LogP contribution >= 0.6 is 0 Å². The summed E-state index contributed by atoms with van der Waals surface area (Å²) in [6.07, 6.45) is 4.69. The Kier molecular flexibility index (Phi) is 13.4. The Labute approximate surface area is 247 Å². The number of carbonyl (C=O) groups excluding carboxylic acids is 4. The highest BCUT2D eigenvalue weighted by atomic mass is 16.6. The largest absolute Gasteiger partial charge is 0.439 e. The number of amides is 2. The summed E-state index contributed by atoms with van der Waals surface area (Å²) in [5.74, 6) is -2.01. The fraction of sp³-hybridized carbons (Fsp3) is 0.548. The van der Waals surface area contributed by atoms with Crippen molar-refractivity contribution in [2.45, 2.75) is 78.3 Å². The minimum atomic E-state index is -0.995. The molecule has 0 radical (unpaired) electrons. The van der Waals surface area contributed by atoms with Crippen LogP contribution in [-0.4, -0.2) is 73.9 Å². The first-order chi connectivity index (χ1) is 19.8. The summed E-state index contributed by atoms with van der Waals surface area (Å²) in [6, 6.07) is 0. The summed E-state index contributed by atoms with van der Waals surface area (Å²) < 4.78 is 16.6. The zero-order valence-corrected chi connectivity index (χ0v) is 25.6. The third-order valence-electron chi connectivity index (χ3n) is 7.35. The molecule has 5 N–H and O–H groups in total. The van der Waals surface area contributed by atoms with Crippen LogP contribution in [0.5, 0.6) is 0 Å². The van der Waals surface area contributed by atoms with Gasteiger partial charge < -0.3 is 35.7 Å². The van der Waals surface area contributed by atoms with Crippen LogP contribution < -0.4 is 16.4 Å². The van der Waals surface area contributed by atoms with E-state index in [1.807, 2.05) is 20.8 Å². The molecule has 0 aromatic carbocycles. The molecular formula is C31H45N3O8. The molecule has 1 aliphatic heterocycles. The van der Waals surface area contributed by atoms with E-state index in [-0.39, 0.29) is 34.9 Å². The van der Waals surface area contributed by atoms with Crippen LogP contribution in [0.4, 0.5) is 4.79 Å². The number of nitrogens with two attached hydrogens (primary N) is 1. The van der Waals surface area contributed by atoms with Crippen molar-refractivity contribution in [2.75, 3.05) is 20.8 Å². The predicted molar refractivity (Wildman–Crippen MR) is 158 cm³/mol. The van der Waals surface area contributed by atoms with Gasteiger partial charge in [-0.2, -0.15) is 0 Å². The SMILES string of the molecule is CCCNC1=C2CC(C)CC(OC)[C@@H](O)[C@H](C)/C=C(\C)C(OC(N)=O)C(OC)/C=C/C=C(/C)C(=O)NC(=CC1=O)C2=O. The Morgan fingerprint density at radius 3 is 2.45 bits per heavy atom. The first-order valence-electron chi connectivity index (χ1n) is 14.2. The third kappa shape index (κ3) is 9.23. The lowest BCUT2D eigenvalue weighted by atomic mass is 9.85. The van der Waals surface area contributed by atoms with Crippen LogP contribution in [0.25, 0.3) is 0 Å². The normalized spacial score (nSPS) is 31.7. The van der Waals surface area contributed by atoms with Crippen molar-refractivity contribution in [2.24, 2.45) is 17.6 Å². The van der Waals surface area contributed by atoms with Gasteiger partial charge in [-0.15, -0.1) is 0 Å². The molecule has 0 spiro atoms. The monoisotopic (exact) mass is 587 g/mol. The standard InChI is InChI=1S/C31H45N3O8/c1-8-12-33-26-21-13-17(2)14-25(41-7)27(36)19(4)15-20(5)29(42-31(32)39)24(40-6)11-9-10-18(3)30(38)34-22(28(21)37)16-23(26)35/h9-11,15-17,19,24-25,27,29,33,36H,8,12-14H2,1-7H3,(H2,32,39)(H,34,38)/b11-9+,18-10-,20-15+/t17?,19-,24?,25?,27+,29?/m1/s1. The van der Waals surface area contributed by atoms with Crippen molar-refractivity contribution in [1.82, 2.24) is 10.6 Å². The Hall–Kier alpha value is -3.54. The number of rotatable bonds is 6. The number of aliphatic hydroxyl groups is 1. The Morgan fingerprint density at radius 2 is 1.86 bits per heavy atom. The molecule has 2 aliphatic rings. The number of allylic oxidation sites excluding steroid dienone is 4. The number of nitrogens with one attached hydrogen (secondary N) is 2. The lowest BCUT2D eigenvalue weighted by molar-refractivity contribution is -0.120. The molecule has 0 fully saturated rings. The number of primary amides is 1. The highest BCUT2D eigenvalue weighted by Gasteiger charge is 2.33. The predicted octanol–water partition coefficient (Wildman–Crippen LogP) is 2.76.